The van der Waals surface area contributed by atoms with Crippen molar-refractivity contribution in [1.29, 1.82) is 0 Å². The van der Waals surface area contributed by atoms with Crippen LogP contribution in [0.25, 0.3) is 0 Å². The van der Waals surface area contributed by atoms with Crippen molar-refractivity contribution in [3.05, 3.63) is 38.8 Å². The Morgan fingerprint density at radius 3 is 2.59 bits per heavy atom. The average Bonchev–Trinajstić information content (AvgIpc) is 2.47. The standard InChI is InChI=1S/C12H15N3O7/c1-7(16)11(18)12(19)14(13-20)5-4-8-2-3-10(17)9(6-8)15(21)22/h2-3,6,11-12,17-19H,4-5H2,1H3/t11-,12-/m1/s1. The Labute approximate surface area is 124 Å². The summed E-state index contributed by atoms with van der Waals surface area (Å²) in [5.41, 5.74) is -0.0879. The number of nitro benzene ring substituents is 1. The number of phenols is 1. The van der Waals surface area contributed by atoms with E-state index in [4.69, 9.17) is 0 Å². The molecule has 120 valence electrons. The molecule has 10 nitrogen and oxygen atoms in total. The van der Waals surface area contributed by atoms with Crippen LogP contribution < -0.4 is 0 Å². The first-order valence-corrected chi connectivity index (χ1v) is 6.20. The normalized spacial score (nSPS) is 13.2. The number of aliphatic hydroxyl groups is 2. The molecule has 0 bridgehead atoms. The van der Waals surface area contributed by atoms with Crippen LogP contribution in [0.2, 0.25) is 0 Å². The van der Waals surface area contributed by atoms with Crippen molar-refractivity contribution < 1.29 is 25.0 Å². The summed E-state index contributed by atoms with van der Waals surface area (Å²) in [6, 6.07) is 3.65. The van der Waals surface area contributed by atoms with E-state index in [-0.39, 0.29) is 13.0 Å². The molecule has 1 aromatic carbocycles. The number of nitro groups is 1. The molecule has 0 unspecified atom stereocenters. The summed E-state index contributed by atoms with van der Waals surface area (Å²) in [7, 11) is 0. The zero-order valence-corrected chi connectivity index (χ0v) is 11.6. The number of benzene rings is 1. The molecule has 1 aromatic rings. The molecule has 0 saturated carbocycles. The quantitative estimate of drug-likeness (QED) is 0.264. The Hall–Kier alpha value is -2.59. The van der Waals surface area contributed by atoms with Crippen molar-refractivity contribution >= 4 is 11.5 Å². The third kappa shape index (κ3) is 4.20. The third-order valence-corrected chi connectivity index (χ3v) is 2.98. The zero-order chi connectivity index (χ0) is 16.9. The fourth-order valence-corrected chi connectivity index (χ4v) is 1.71. The number of ketones is 1. The summed E-state index contributed by atoms with van der Waals surface area (Å²) >= 11 is 0. The van der Waals surface area contributed by atoms with Gasteiger partial charge in [0.15, 0.2) is 23.9 Å². The van der Waals surface area contributed by atoms with Gasteiger partial charge in [0.1, 0.15) is 0 Å². The van der Waals surface area contributed by atoms with Gasteiger partial charge in [-0.15, -0.1) is 4.91 Å². The lowest BCUT2D eigenvalue weighted by Crippen LogP contribution is -2.44. The first-order valence-electron chi connectivity index (χ1n) is 6.20. The molecule has 1 rings (SSSR count). The molecule has 0 heterocycles. The molecule has 0 amide bonds. The number of carbonyl (C=O) groups excluding carboxylic acids is 1. The van der Waals surface area contributed by atoms with Crippen LogP contribution in [0.3, 0.4) is 0 Å². The van der Waals surface area contributed by atoms with Crippen molar-refractivity contribution in [3.8, 4) is 5.75 Å². The van der Waals surface area contributed by atoms with Crippen LogP contribution >= 0.6 is 0 Å². The highest BCUT2D eigenvalue weighted by atomic mass is 16.6. The number of rotatable bonds is 8. The van der Waals surface area contributed by atoms with E-state index in [1.54, 1.807) is 0 Å². The van der Waals surface area contributed by atoms with Crippen molar-refractivity contribution in [3.63, 3.8) is 0 Å². The number of aliphatic hydroxyl groups excluding tert-OH is 2. The van der Waals surface area contributed by atoms with E-state index in [1.807, 2.05) is 0 Å². The lowest BCUT2D eigenvalue weighted by molar-refractivity contribution is -0.385. The van der Waals surface area contributed by atoms with E-state index in [0.29, 0.717) is 10.6 Å². The third-order valence-electron chi connectivity index (χ3n) is 2.98. The first kappa shape index (κ1) is 17.5. The van der Waals surface area contributed by atoms with Crippen molar-refractivity contribution in [1.82, 2.24) is 5.01 Å². The fourth-order valence-electron chi connectivity index (χ4n) is 1.71. The largest absolute Gasteiger partial charge is 0.502 e. The molecule has 0 fully saturated rings. The highest BCUT2D eigenvalue weighted by Crippen LogP contribution is 2.26. The zero-order valence-electron chi connectivity index (χ0n) is 11.6. The minimum Gasteiger partial charge on any atom is -0.502 e. The van der Waals surface area contributed by atoms with Gasteiger partial charge in [0.25, 0.3) is 0 Å². The van der Waals surface area contributed by atoms with Crippen molar-refractivity contribution in [2.24, 2.45) is 5.29 Å². The number of nitrogens with zero attached hydrogens (tertiary/aromatic N) is 3. The van der Waals surface area contributed by atoms with E-state index in [1.165, 1.54) is 6.07 Å². The molecule has 0 aliphatic carbocycles. The lowest BCUT2D eigenvalue weighted by Gasteiger charge is -2.24. The van der Waals surface area contributed by atoms with Crippen LogP contribution in [0.15, 0.2) is 23.5 Å². The van der Waals surface area contributed by atoms with Crippen molar-refractivity contribution in [2.45, 2.75) is 25.7 Å². The summed E-state index contributed by atoms with van der Waals surface area (Å²) in [5.74, 6) is -1.23. The van der Waals surface area contributed by atoms with Gasteiger partial charge < -0.3 is 15.3 Å². The van der Waals surface area contributed by atoms with Gasteiger partial charge in [0.2, 0.25) is 0 Å². The molecule has 0 saturated heterocycles. The summed E-state index contributed by atoms with van der Waals surface area (Å²) in [4.78, 5) is 31.6. The van der Waals surface area contributed by atoms with E-state index in [0.717, 1.165) is 19.1 Å². The molecule has 3 N–H and O–H groups in total. The maximum atomic E-state index is 11.0. The van der Waals surface area contributed by atoms with Crippen LogP contribution in [0.5, 0.6) is 5.75 Å². The summed E-state index contributed by atoms with van der Waals surface area (Å²) in [5, 5.41) is 42.1. The Balaban J connectivity index is 2.79. The van der Waals surface area contributed by atoms with Gasteiger partial charge in [-0.05, 0) is 25.0 Å². The average molecular weight is 313 g/mol. The topological polar surface area (TPSA) is 154 Å². The molecule has 10 heteroatoms. The van der Waals surface area contributed by atoms with Crippen molar-refractivity contribution in [2.75, 3.05) is 6.54 Å². The lowest BCUT2D eigenvalue weighted by atomic mass is 10.1. The predicted octanol–water partition coefficient (Wildman–Crippen LogP) is 0.0946. The van der Waals surface area contributed by atoms with Crippen LogP contribution in [0, 0.1) is 15.0 Å². The molecule has 0 aliphatic heterocycles. The van der Waals surface area contributed by atoms with E-state index < -0.39 is 34.5 Å². The van der Waals surface area contributed by atoms with E-state index in [9.17, 15) is 35.1 Å². The number of aromatic hydroxyl groups is 1. The molecule has 22 heavy (non-hydrogen) atoms. The molecule has 0 aliphatic rings. The minimum absolute atomic E-state index is 0.0640. The molecular formula is C12H15N3O7. The summed E-state index contributed by atoms with van der Waals surface area (Å²) in [6.45, 7) is 0.858. The van der Waals surface area contributed by atoms with Gasteiger partial charge in [0, 0.05) is 12.6 Å². The van der Waals surface area contributed by atoms with E-state index >= 15 is 0 Å². The second kappa shape index (κ2) is 7.43. The number of hydrogen-bond donors (Lipinski definition) is 3. The van der Waals surface area contributed by atoms with Crippen LogP contribution in [-0.2, 0) is 11.2 Å². The van der Waals surface area contributed by atoms with Crippen LogP contribution in [0.1, 0.15) is 12.5 Å². The van der Waals surface area contributed by atoms with Gasteiger partial charge in [-0.3, -0.25) is 14.9 Å². The van der Waals surface area contributed by atoms with E-state index in [2.05, 4.69) is 5.29 Å². The van der Waals surface area contributed by atoms with Crippen LogP contribution in [0.4, 0.5) is 5.69 Å². The minimum atomic E-state index is -1.80. The number of Topliss-reactive ketones (excluding diaryl/α,β-unsaturated/α-hetero) is 1. The summed E-state index contributed by atoms with van der Waals surface area (Å²) < 4.78 is 0. The fraction of sp³-hybridized carbons (Fsp3) is 0.417. The monoisotopic (exact) mass is 313 g/mol. The molecule has 0 aromatic heterocycles. The number of phenolic OH excluding ortho intramolecular Hbond substituents is 1. The Bertz CT molecular complexity index is 578. The molecular weight excluding hydrogens is 298 g/mol. The van der Waals surface area contributed by atoms with Gasteiger partial charge in [-0.1, -0.05) is 6.07 Å². The van der Waals surface area contributed by atoms with Gasteiger partial charge >= 0.3 is 5.69 Å². The molecule has 0 radical (unpaired) electrons. The maximum absolute atomic E-state index is 11.0. The Morgan fingerprint density at radius 1 is 1.45 bits per heavy atom. The Kier molecular flexibility index (Phi) is 5.90. The highest BCUT2D eigenvalue weighted by Gasteiger charge is 2.27. The predicted molar refractivity (Wildman–Crippen MR) is 73.7 cm³/mol. The SMILES string of the molecule is CC(=O)[C@@H](O)[C@@H](O)N(CCc1ccc(O)c([N+](=O)[O-])c1)N=O. The number of hydrogen-bond acceptors (Lipinski definition) is 8. The second-order valence-electron chi connectivity index (χ2n) is 4.54. The molecule has 0 spiro atoms. The number of nitroso groups, excluding NO2 is 1. The summed E-state index contributed by atoms with van der Waals surface area (Å²) in [6.07, 6.45) is -3.52. The first-order chi connectivity index (χ1) is 10.3. The van der Waals surface area contributed by atoms with Gasteiger partial charge in [-0.25, -0.2) is 5.01 Å². The van der Waals surface area contributed by atoms with Gasteiger partial charge in [-0.2, -0.15) is 0 Å². The molecule has 2 atom stereocenters. The van der Waals surface area contributed by atoms with Crippen LogP contribution in [-0.4, -0.2) is 49.9 Å². The van der Waals surface area contributed by atoms with Gasteiger partial charge in [0.05, 0.1) is 10.2 Å². The Morgan fingerprint density at radius 2 is 2.09 bits per heavy atom. The smallest absolute Gasteiger partial charge is 0.310 e. The number of carbonyl (C=O) groups is 1. The second-order valence-corrected chi connectivity index (χ2v) is 4.54. The maximum Gasteiger partial charge on any atom is 0.310 e. The highest BCUT2D eigenvalue weighted by molar-refractivity contribution is 5.80.